The third-order valence-electron chi connectivity index (χ3n) is 4.96. The van der Waals surface area contributed by atoms with Crippen molar-refractivity contribution in [2.45, 2.75) is 25.7 Å². The van der Waals surface area contributed by atoms with Gasteiger partial charge in [0.1, 0.15) is 5.75 Å². The fraction of sp³-hybridized carbons (Fsp3) is 0.318. The van der Waals surface area contributed by atoms with Crippen molar-refractivity contribution in [2.24, 2.45) is 0 Å². The Morgan fingerprint density at radius 3 is 2.59 bits per heavy atom. The fourth-order valence-electron chi connectivity index (χ4n) is 3.51. The highest BCUT2D eigenvalue weighted by molar-refractivity contribution is 7.92. The Morgan fingerprint density at radius 2 is 1.79 bits per heavy atom. The predicted molar refractivity (Wildman–Crippen MR) is 118 cm³/mol. The van der Waals surface area contributed by atoms with Gasteiger partial charge < -0.3 is 4.74 Å². The van der Waals surface area contributed by atoms with Gasteiger partial charge in [0.15, 0.2) is 5.13 Å². The molecule has 29 heavy (non-hydrogen) atoms. The highest BCUT2D eigenvalue weighted by Crippen LogP contribution is 2.39. The van der Waals surface area contributed by atoms with Crippen LogP contribution in [0.3, 0.4) is 0 Å². The summed E-state index contributed by atoms with van der Waals surface area (Å²) in [5, 5.41) is 0.568. The number of nitrogens with zero attached hydrogens (tertiary/aromatic N) is 2. The maximum absolute atomic E-state index is 12.4. The quantitative estimate of drug-likeness (QED) is 0.495. The molecular formula is C22H24N2O3S2. The number of thiazole rings is 1. The highest BCUT2D eigenvalue weighted by atomic mass is 32.2. The first kappa shape index (κ1) is 19.9. The number of aromatic nitrogens is 1. The van der Waals surface area contributed by atoms with Gasteiger partial charge in [-0.2, -0.15) is 0 Å². The zero-order valence-electron chi connectivity index (χ0n) is 16.4. The van der Waals surface area contributed by atoms with Crippen LogP contribution in [0.15, 0.2) is 54.6 Å². The van der Waals surface area contributed by atoms with Gasteiger partial charge in [-0.05, 0) is 43.4 Å². The lowest BCUT2D eigenvalue weighted by molar-refractivity contribution is 0.308. The molecule has 0 N–H and O–H groups in total. The topological polar surface area (TPSA) is 59.5 Å². The van der Waals surface area contributed by atoms with Crippen molar-refractivity contribution >= 4 is 26.5 Å². The first-order valence-corrected chi connectivity index (χ1v) is 12.4. The molecule has 0 atom stereocenters. The number of unbranched alkanes of at least 4 members (excludes halogenated alkanes) is 1. The van der Waals surface area contributed by atoms with Gasteiger partial charge >= 0.3 is 0 Å². The zero-order chi connectivity index (χ0) is 20.3. The van der Waals surface area contributed by atoms with Crippen LogP contribution in [0.4, 0.5) is 5.13 Å². The van der Waals surface area contributed by atoms with Gasteiger partial charge in [0.2, 0.25) is 10.0 Å². The Kier molecular flexibility index (Phi) is 5.87. The minimum atomic E-state index is -3.39. The van der Waals surface area contributed by atoms with Crippen molar-refractivity contribution in [1.29, 1.82) is 0 Å². The smallest absolute Gasteiger partial charge is 0.234 e. The molecule has 3 aromatic rings. The molecule has 7 heteroatoms. The lowest BCUT2D eigenvalue weighted by Crippen LogP contribution is -2.31. The van der Waals surface area contributed by atoms with Crippen molar-refractivity contribution in [1.82, 2.24) is 4.98 Å². The Morgan fingerprint density at radius 1 is 1.03 bits per heavy atom. The minimum absolute atomic E-state index is 0.408. The first-order chi connectivity index (χ1) is 14.0. The summed E-state index contributed by atoms with van der Waals surface area (Å²) in [5.41, 5.74) is 3.34. The van der Waals surface area contributed by atoms with Crippen molar-refractivity contribution < 1.29 is 13.2 Å². The van der Waals surface area contributed by atoms with E-state index in [4.69, 9.17) is 9.72 Å². The zero-order valence-corrected chi connectivity index (χ0v) is 18.0. The van der Waals surface area contributed by atoms with E-state index in [2.05, 4.69) is 12.1 Å². The molecule has 0 amide bonds. The van der Waals surface area contributed by atoms with Crippen molar-refractivity contribution in [3.63, 3.8) is 0 Å². The van der Waals surface area contributed by atoms with Crippen molar-refractivity contribution in [3.8, 4) is 17.0 Å². The second-order valence-electron chi connectivity index (χ2n) is 7.13. The molecule has 0 aliphatic heterocycles. The molecule has 1 aromatic heterocycles. The van der Waals surface area contributed by atoms with Gasteiger partial charge in [0.25, 0.3) is 0 Å². The number of anilines is 1. The summed E-state index contributed by atoms with van der Waals surface area (Å²) in [4.78, 5) is 5.91. The lowest BCUT2D eigenvalue weighted by atomic mass is 9.94. The van der Waals surface area contributed by atoms with Crippen LogP contribution in [0.25, 0.3) is 11.3 Å². The molecule has 0 radical (unpaired) electrons. The predicted octanol–water partition coefficient (Wildman–Crippen LogP) is 4.53. The average molecular weight is 429 g/mol. The third-order valence-corrected chi connectivity index (χ3v) is 7.37. The van der Waals surface area contributed by atoms with Crippen LogP contribution >= 0.6 is 11.3 Å². The SMILES string of the molecule is CS(=O)(=O)N(CCCCOc1ccccc1)c1nc2c(s1)CCc1ccccc1-2. The Balaban J connectivity index is 1.44. The van der Waals surface area contributed by atoms with E-state index in [1.165, 1.54) is 32.3 Å². The van der Waals surface area contributed by atoms with E-state index in [1.807, 2.05) is 42.5 Å². The summed E-state index contributed by atoms with van der Waals surface area (Å²) in [6.45, 7) is 0.967. The number of ether oxygens (including phenoxy) is 1. The molecule has 5 nitrogen and oxygen atoms in total. The van der Waals surface area contributed by atoms with E-state index in [0.29, 0.717) is 24.7 Å². The first-order valence-electron chi connectivity index (χ1n) is 9.76. The molecule has 0 spiro atoms. The van der Waals surface area contributed by atoms with Gasteiger partial charge in [0, 0.05) is 17.0 Å². The van der Waals surface area contributed by atoms with Crippen molar-refractivity contribution in [2.75, 3.05) is 23.7 Å². The van der Waals surface area contributed by atoms with E-state index >= 15 is 0 Å². The average Bonchev–Trinajstić information content (AvgIpc) is 3.14. The molecule has 0 saturated carbocycles. The summed E-state index contributed by atoms with van der Waals surface area (Å²) in [5.74, 6) is 0.832. The normalized spacial score (nSPS) is 12.9. The second-order valence-corrected chi connectivity index (χ2v) is 10.1. The van der Waals surface area contributed by atoms with Crippen LogP contribution in [0, 0.1) is 0 Å². The molecule has 152 valence electrons. The van der Waals surface area contributed by atoms with Crippen LogP contribution < -0.4 is 9.04 Å². The standard InChI is InChI=1S/C22H24N2O3S2/c1-29(25,26)24(15-7-8-16-27-18-10-3-2-4-11-18)22-23-21-19-12-6-5-9-17(19)13-14-20(21)28-22/h2-6,9-12H,7-8,13-16H2,1H3. The van der Waals surface area contributed by atoms with Crippen LogP contribution in [-0.4, -0.2) is 32.8 Å². The molecule has 1 aliphatic carbocycles. The number of aryl methyl sites for hydroxylation is 2. The Hall–Kier alpha value is -2.38. The molecule has 0 bridgehead atoms. The number of fused-ring (bicyclic) bond motifs is 3. The molecule has 1 aliphatic rings. The number of rotatable bonds is 8. The van der Waals surface area contributed by atoms with E-state index in [9.17, 15) is 8.42 Å². The summed E-state index contributed by atoms with van der Waals surface area (Å²) in [6.07, 6.45) is 4.62. The number of hydrogen-bond acceptors (Lipinski definition) is 5. The van der Waals surface area contributed by atoms with Crippen molar-refractivity contribution in [3.05, 3.63) is 65.0 Å². The summed E-state index contributed by atoms with van der Waals surface area (Å²) >= 11 is 1.50. The minimum Gasteiger partial charge on any atom is -0.494 e. The monoisotopic (exact) mass is 428 g/mol. The highest BCUT2D eigenvalue weighted by Gasteiger charge is 2.26. The van der Waals surface area contributed by atoms with Gasteiger partial charge in [-0.1, -0.05) is 42.5 Å². The maximum atomic E-state index is 12.4. The summed E-state index contributed by atoms with van der Waals surface area (Å²) in [6, 6.07) is 17.9. The van der Waals surface area contributed by atoms with Crippen LogP contribution in [0.2, 0.25) is 0 Å². The van der Waals surface area contributed by atoms with E-state index in [-0.39, 0.29) is 0 Å². The van der Waals surface area contributed by atoms with Gasteiger partial charge in [0.05, 0.1) is 18.6 Å². The van der Waals surface area contributed by atoms with Gasteiger partial charge in [-0.25, -0.2) is 17.7 Å². The fourth-order valence-corrected chi connectivity index (χ4v) is 5.82. The second kappa shape index (κ2) is 8.55. The molecule has 2 aromatic carbocycles. The molecule has 4 rings (SSSR count). The largest absolute Gasteiger partial charge is 0.494 e. The van der Waals surface area contributed by atoms with Crippen LogP contribution in [-0.2, 0) is 22.9 Å². The Bertz CT molecular complexity index is 1080. The van der Waals surface area contributed by atoms with E-state index < -0.39 is 10.0 Å². The van der Waals surface area contributed by atoms with Crippen LogP contribution in [0.5, 0.6) is 5.75 Å². The summed E-state index contributed by atoms with van der Waals surface area (Å²) < 4.78 is 32.0. The van der Waals surface area contributed by atoms with Gasteiger partial charge in [-0.15, -0.1) is 11.3 Å². The number of hydrogen-bond donors (Lipinski definition) is 0. The molecule has 0 fully saturated rings. The Labute approximate surface area is 176 Å². The number of sulfonamides is 1. The lowest BCUT2D eigenvalue weighted by Gasteiger charge is -2.19. The molecule has 1 heterocycles. The van der Waals surface area contributed by atoms with E-state index in [0.717, 1.165) is 36.3 Å². The van der Waals surface area contributed by atoms with E-state index in [1.54, 1.807) is 0 Å². The third kappa shape index (κ3) is 4.62. The number of para-hydroxylation sites is 1. The molecule has 0 unspecified atom stereocenters. The van der Waals surface area contributed by atoms with Crippen LogP contribution in [0.1, 0.15) is 23.3 Å². The van der Waals surface area contributed by atoms with Gasteiger partial charge in [-0.3, -0.25) is 0 Å². The maximum Gasteiger partial charge on any atom is 0.234 e. The number of benzene rings is 2. The molecular weight excluding hydrogens is 404 g/mol. The summed E-state index contributed by atoms with van der Waals surface area (Å²) in [7, 11) is -3.39. The molecule has 0 saturated heterocycles.